The first-order valence-electron chi connectivity index (χ1n) is 8.64. The summed E-state index contributed by atoms with van der Waals surface area (Å²) in [6, 6.07) is 16.6. The Bertz CT molecular complexity index is 1070. The molecule has 1 aromatic heterocycles. The predicted molar refractivity (Wildman–Crippen MR) is 121 cm³/mol. The van der Waals surface area contributed by atoms with Crippen molar-refractivity contribution in [1.82, 2.24) is 9.47 Å². The molecule has 6 heteroatoms. The van der Waals surface area contributed by atoms with E-state index in [1.54, 1.807) is 4.90 Å². The van der Waals surface area contributed by atoms with E-state index in [0.717, 1.165) is 27.5 Å². The van der Waals surface area contributed by atoms with Crippen molar-refractivity contribution in [3.8, 4) is 0 Å². The third kappa shape index (κ3) is 3.61. The Labute approximate surface area is 176 Å². The lowest BCUT2D eigenvalue weighted by atomic mass is 10.1. The molecule has 0 spiro atoms. The Kier molecular flexibility index (Phi) is 5.21. The van der Waals surface area contributed by atoms with Gasteiger partial charge in [0, 0.05) is 40.2 Å². The second-order valence-electron chi connectivity index (χ2n) is 6.29. The van der Waals surface area contributed by atoms with Gasteiger partial charge in [0.25, 0.3) is 5.91 Å². The van der Waals surface area contributed by atoms with Crippen LogP contribution in [0.5, 0.6) is 0 Å². The summed E-state index contributed by atoms with van der Waals surface area (Å²) in [5, 5.41) is 1.11. The number of carbonyl (C=O) groups is 1. The van der Waals surface area contributed by atoms with Gasteiger partial charge in [0.05, 0.1) is 4.91 Å². The number of amides is 1. The fourth-order valence-corrected chi connectivity index (χ4v) is 4.97. The fourth-order valence-electron chi connectivity index (χ4n) is 3.24. The zero-order valence-electron chi connectivity index (χ0n) is 14.7. The van der Waals surface area contributed by atoms with E-state index in [2.05, 4.69) is 63.1 Å². The number of nitrogens with zero attached hydrogens (tertiary/aromatic N) is 2. The standard InChI is InChI=1S/C21H17BrN2OS2/c1-2-24-20(25)19(27-21(24)26)10-15-13-23(12-14-6-4-3-5-7-14)18-9-8-16(22)11-17(15)18/h3-11,13H,2,12H2,1H3/b19-10-. The highest BCUT2D eigenvalue weighted by Crippen LogP contribution is 2.35. The molecule has 1 amide bonds. The van der Waals surface area contributed by atoms with E-state index in [-0.39, 0.29) is 5.91 Å². The molecule has 136 valence electrons. The summed E-state index contributed by atoms with van der Waals surface area (Å²) in [6.45, 7) is 3.32. The number of likely N-dealkylation sites (N-methyl/N-ethyl adjacent to an activating group) is 1. The Morgan fingerprint density at radius 1 is 1.19 bits per heavy atom. The molecule has 4 rings (SSSR count). The summed E-state index contributed by atoms with van der Waals surface area (Å²) < 4.78 is 3.87. The van der Waals surface area contributed by atoms with Crippen molar-refractivity contribution in [2.24, 2.45) is 0 Å². The molecule has 3 nitrogen and oxygen atoms in total. The van der Waals surface area contributed by atoms with Crippen molar-refractivity contribution in [3.05, 3.63) is 75.2 Å². The zero-order valence-corrected chi connectivity index (χ0v) is 17.9. The summed E-state index contributed by atoms with van der Waals surface area (Å²) in [4.78, 5) is 14.9. The lowest BCUT2D eigenvalue weighted by Gasteiger charge is -2.09. The summed E-state index contributed by atoms with van der Waals surface area (Å²) >= 11 is 10.3. The molecule has 0 bridgehead atoms. The van der Waals surface area contributed by atoms with Crippen LogP contribution in [0.3, 0.4) is 0 Å². The first-order chi connectivity index (χ1) is 13.1. The number of halogens is 1. The quantitative estimate of drug-likeness (QED) is 0.373. The molecule has 0 unspecified atom stereocenters. The van der Waals surface area contributed by atoms with Gasteiger partial charge >= 0.3 is 0 Å². The minimum absolute atomic E-state index is 0.00791. The molecular formula is C21H17BrN2OS2. The maximum atomic E-state index is 12.6. The van der Waals surface area contributed by atoms with E-state index in [9.17, 15) is 4.79 Å². The van der Waals surface area contributed by atoms with Gasteiger partial charge < -0.3 is 4.57 Å². The van der Waals surface area contributed by atoms with Gasteiger partial charge in [0.2, 0.25) is 0 Å². The van der Waals surface area contributed by atoms with Gasteiger partial charge in [-0.3, -0.25) is 9.69 Å². The van der Waals surface area contributed by atoms with Gasteiger partial charge in [-0.15, -0.1) is 0 Å². The minimum Gasteiger partial charge on any atom is -0.342 e. The Balaban J connectivity index is 1.79. The summed E-state index contributed by atoms with van der Waals surface area (Å²) in [5.41, 5.74) is 3.40. The van der Waals surface area contributed by atoms with Crippen LogP contribution in [-0.4, -0.2) is 26.2 Å². The van der Waals surface area contributed by atoms with Crippen LogP contribution in [0.2, 0.25) is 0 Å². The van der Waals surface area contributed by atoms with Crippen LogP contribution in [0.25, 0.3) is 17.0 Å². The van der Waals surface area contributed by atoms with Gasteiger partial charge in [-0.25, -0.2) is 0 Å². The van der Waals surface area contributed by atoms with Crippen LogP contribution in [0, 0.1) is 0 Å². The molecule has 2 aromatic carbocycles. The molecule has 0 radical (unpaired) electrons. The van der Waals surface area contributed by atoms with E-state index >= 15 is 0 Å². The molecule has 0 atom stereocenters. The molecule has 1 fully saturated rings. The van der Waals surface area contributed by atoms with Crippen LogP contribution in [-0.2, 0) is 11.3 Å². The summed E-state index contributed by atoms with van der Waals surface area (Å²) in [6.07, 6.45) is 4.08. The average Bonchev–Trinajstić information content (AvgIpc) is 3.12. The third-order valence-electron chi connectivity index (χ3n) is 4.55. The van der Waals surface area contributed by atoms with Crippen molar-refractivity contribution in [3.63, 3.8) is 0 Å². The molecule has 27 heavy (non-hydrogen) atoms. The topological polar surface area (TPSA) is 25.2 Å². The Morgan fingerprint density at radius 3 is 2.67 bits per heavy atom. The van der Waals surface area contributed by atoms with Crippen molar-refractivity contribution in [2.75, 3.05) is 6.54 Å². The molecule has 1 aliphatic heterocycles. The number of hydrogen-bond acceptors (Lipinski definition) is 3. The normalized spacial score (nSPS) is 16.1. The van der Waals surface area contributed by atoms with E-state index in [1.807, 2.05) is 25.1 Å². The second kappa shape index (κ2) is 7.62. The van der Waals surface area contributed by atoms with Crippen LogP contribution < -0.4 is 0 Å². The van der Waals surface area contributed by atoms with Gasteiger partial charge in [-0.2, -0.15) is 0 Å². The smallest absolute Gasteiger partial charge is 0.266 e. The number of thiocarbonyl (C=S) groups is 1. The number of fused-ring (bicyclic) bond motifs is 1. The van der Waals surface area contributed by atoms with Gasteiger partial charge in [0.1, 0.15) is 4.32 Å². The maximum Gasteiger partial charge on any atom is 0.266 e. The van der Waals surface area contributed by atoms with E-state index in [0.29, 0.717) is 15.8 Å². The number of carbonyl (C=O) groups excluding carboxylic acids is 1. The number of hydrogen-bond donors (Lipinski definition) is 0. The van der Waals surface area contributed by atoms with Crippen LogP contribution in [0.15, 0.2) is 64.1 Å². The van der Waals surface area contributed by atoms with E-state index in [4.69, 9.17) is 12.2 Å². The largest absolute Gasteiger partial charge is 0.342 e. The minimum atomic E-state index is -0.00791. The molecule has 3 aromatic rings. The zero-order chi connectivity index (χ0) is 19.0. The Hall–Kier alpha value is -1.89. The maximum absolute atomic E-state index is 12.6. The summed E-state index contributed by atoms with van der Waals surface area (Å²) in [5.74, 6) is -0.00791. The van der Waals surface area contributed by atoms with Crippen LogP contribution in [0.1, 0.15) is 18.1 Å². The fraction of sp³-hybridized carbons (Fsp3) is 0.143. The highest BCUT2D eigenvalue weighted by atomic mass is 79.9. The molecule has 1 saturated heterocycles. The molecule has 0 N–H and O–H groups in total. The van der Waals surface area contributed by atoms with Crippen LogP contribution >= 0.6 is 39.9 Å². The van der Waals surface area contributed by atoms with E-state index in [1.165, 1.54) is 17.3 Å². The second-order valence-corrected chi connectivity index (χ2v) is 8.88. The highest BCUT2D eigenvalue weighted by molar-refractivity contribution is 9.10. The lowest BCUT2D eigenvalue weighted by molar-refractivity contribution is -0.121. The highest BCUT2D eigenvalue weighted by Gasteiger charge is 2.30. The number of thioether (sulfide) groups is 1. The predicted octanol–water partition coefficient (Wildman–Crippen LogP) is 5.67. The average molecular weight is 457 g/mol. The monoisotopic (exact) mass is 456 g/mol. The third-order valence-corrected chi connectivity index (χ3v) is 6.42. The molecule has 2 heterocycles. The molecular weight excluding hydrogens is 440 g/mol. The van der Waals surface area contributed by atoms with E-state index < -0.39 is 0 Å². The number of rotatable bonds is 4. The van der Waals surface area contributed by atoms with Gasteiger partial charge in [-0.1, -0.05) is 70.2 Å². The van der Waals surface area contributed by atoms with Crippen LogP contribution in [0.4, 0.5) is 0 Å². The molecule has 0 saturated carbocycles. The van der Waals surface area contributed by atoms with Crippen molar-refractivity contribution >= 4 is 67.1 Å². The number of aromatic nitrogens is 1. The van der Waals surface area contributed by atoms with Crippen molar-refractivity contribution in [2.45, 2.75) is 13.5 Å². The van der Waals surface area contributed by atoms with Gasteiger partial charge in [0.15, 0.2) is 0 Å². The van der Waals surface area contributed by atoms with Crippen molar-refractivity contribution < 1.29 is 4.79 Å². The SMILES string of the molecule is CCN1C(=O)/C(=C/c2cn(Cc3ccccc3)c3ccc(Br)cc23)SC1=S. The van der Waals surface area contributed by atoms with Crippen molar-refractivity contribution in [1.29, 1.82) is 0 Å². The molecule has 0 aliphatic carbocycles. The first kappa shape index (κ1) is 18.5. The number of benzene rings is 2. The first-order valence-corrected chi connectivity index (χ1v) is 10.7. The van der Waals surface area contributed by atoms with Gasteiger partial charge in [-0.05, 0) is 36.8 Å². The Morgan fingerprint density at radius 2 is 1.96 bits per heavy atom. The molecule has 1 aliphatic rings. The summed E-state index contributed by atoms with van der Waals surface area (Å²) in [7, 11) is 0. The lowest BCUT2D eigenvalue weighted by Crippen LogP contribution is -2.27.